The molecule has 1 atom stereocenters. The Hall–Kier alpha value is -5.93. The normalized spacial score (nSPS) is 21.8. The maximum absolute atomic E-state index is 14.2. The van der Waals surface area contributed by atoms with Crippen molar-refractivity contribution in [3.63, 3.8) is 0 Å². The lowest BCUT2D eigenvalue weighted by molar-refractivity contribution is -0.135. The van der Waals surface area contributed by atoms with Crippen LogP contribution < -0.4 is 21.2 Å². The van der Waals surface area contributed by atoms with Crippen molar-refractivity contribution in [1.82, 2.24) is 48.6 Å². The molecule has 4 fully saturated rings. The van der Waals surface area contributed by atoms with Gasteiger partial charge in [0.25, 0.3) is 12.3 Å². The Morgan fingerprint density at radius 3 is 2.51 bits per heavy atom. The highest BCUT2D eigenvalue weighted by molar-refractivity contribution is 6.08. The predicted molar refractivity (Wildman–Crippen MR) is 214 cm³/mol. The summed E-state index contributed by atoms with van der Waals surface area (Å²) in [6, 6.07) is 6.58. The van der Waals surface area contributed by atoms with Gasteiger partial charge in [-0.05, 0) is 62.6 Å². The number of fused-ring (bicyclic) bond motifs is 2. The minimum Gasteiger partial charge on any atom is -0.356 e. The van der Waals surface area contributed by atoms with Crippen molar-refractivity contribution >= 4 is 45.9 Å². The number of piperidine rings is 1. The van der Waals surface area contributed by atoms with E-state index in [1.807, 2.05) is 24.3 Å². The minimum absolute atomic E-state index is 0.000490. The number of nitrogens with zero attached hydrogens (tertiary/aromatic N) is 10. The van der Waals surface area contributed by atoms with Crippen LogP contribution >= 0.6 is 0 Å². The van der Waals surface area contributed by atoms with Crippen molar-refractivity contribution in [2.45, 2.75) is 63.5 Å². The first-order valence-corrected chi connectivity index (χ1v) is 20.4. The Morgan fingerprint density at radius 2 is 1.78 bits per heavy atom. The molecular weight excluding hydrogens is 763 g/mol. The number of hydrogen-bond donors (Lipinski definition) is 2. The number of amides is 3. The van der Waals surface area contributed by atoms with Gasteiger partial charge in [-0.1, -0.05) is 17.9 Å². The molecule has 0 spiro atoms. The molecule has 7 heterocycles. The van der Waals surface area contributed by atoms with E-state index in [1.165, 1.54) is 26.0 Å². The molecule has 1 saturated carbocycles. The Labute approximate surface area is 338 Å². The molecule has 9 rings (SSSR count). The number of aryl methyl sites for hydroxylation is 1. The third-order valence-electron chi connectivity index (χ3n) is 12.3. The van der Waals surface area contributed by atoms with Gasteiger partial charge in [-0.25, -0.2) is 23.1 Å². The van der Waals surface area contributed by atoms with Crippen LogP contribution in [0.15, 0.2) is 47.7 Å². The van der Waals surface area contributed by atoms with Gasteiger partial charge in [-0.15, -0.1) is 0 Å². The molecule has 4 aliphatic rings. The molecule has 18 heteroatoms. The molecule has 1 unspecified atom stereocenters. The van der Waals surface area contributed by atoms with Gasteiger partial charge in [0.2, 0.25) is 11.8 Å². The number of carbonyl (C=O) groups excluding carboxylic acids is 3. The fourth-order valence-electron chi connectivity index (χ4n) is 8.88. The lowest BCUT2D eigenvalue weighted by atomic mass is 9.85. The number of imide groups is 1. The molecule has 3 amide bonds. The van der Waals surface area contributed by atoms with E-state index >= 15 is 0 Å². The number of carbonyl (C=O) groups is 3. The average Bonchev–Trinajstić information content (AvgIpc) is 3.90. The molecule has 5 aromatic rings. The summed E-state index contributed by atoms with van der Waals surface area (Å²) in [7, 11) is 1.68. The van der Waals surface area contributed by atoms with E-state index in [9.17, 15) is 28.0 Å². The average molecular weight is 809 g/mol. The zero-order chi connectivity index (χ0) is 40.8. The van der Waals surface area contributed by atoms with E-state index in [4.69, 9.17) is 0 Å². The Balaban J connectivity index is 0.768. The highest BCUT2D eigenvalue weighted by atomic mass is 19.3. The van der Waals surface area contributed by atoms with Crippen molar-refractivity contribution in [2.24, 2.45) is 13.0 Å². The summed E-state index contributed by atoms with van der Waals surface area (Å²) in [5.74, 6) is 6.45. The summed E-state index contributed by atoms with van der Waals surface area (Å²) < 4.78 is 34.5. The molecule has 59 heavy (non-hydrogen) atoms. The molecule has 1 aliphatic carbocycles. The molecule has 2 N–H and O–H groups in total. The predicted octanol–water partition coefficient (Wildman–Crippen LogP) is 3.36. The molecule has 0 bridgehead atoms. The standard InChI is InChI=1S/C41H46F2N12O4/c1-49-36-27(5-2-7-31(36)55(41(49)59)32-12-13-34(56)47-40(32)58)6-3-15-50-19-21-51(22-20-50)24-26-8-10-28(11-9-26)54-25-30(35(48-54)37(42)43)45-39(57)29-23-44-53-18-14-33(46-38(29)53)52-16-4-17-52/h2,5,7,14,18,23,25-26,28,32,37H,4,8-13,15-17,19-22,24H2,1H3,(H,45,57)(H,47,56,58). The van der Waals surface area contributed by atoms with Crippen molar-refractivity contribution in [1.29, 1.82) is 0 Å². The van der Waals surface area contributed by atoms with Crippen LogP contribution in [0, 0.1) is 17.8 Å². The lowest BCUT2D eigenvalue weighted by Crippen LogP contribution is -2.48. The first kappa shape index (κ1) is 38.6. The van der Waals surface area contributed by atoms with Crippen LogP contribution in [-0.4, -0.2) is 113 Å². The zero-order valence-corrected chi connectivity index (χ0v) is 32.8. The number of para-hydroxylation sites is 1. The molecule has 4 aromatic heterocycles. The number of halogens is 2. The van der Waals surface area contributed by atoms with Crippen LogP contribution in [0.2, 0.25) is 0 Å². The van der Waals surface area contributed by atoms with Crippen LogP contribution in [0.1, 0.15) is 85.1 Å². The van der Waals surface area contributed by atoms with Crippen molar-refractivity contribution in [2.75, 3.05) is 62.6 Å². The van der Waals surface area contributed by atoms with E-state index < -0.39 is 30.0 Å². The quantitative estimate of drug-likeness (QED) is 0.167. The highest BCUT2D eigenvalue weighted by Crippen LogP contribution is 2.36. The van der Waals surface area contributed by atoms with Gasteiger partial charge >= 0.3 is 5.69 Å². The van der Waals surface area contributed by atoms with Crippen LogP contribution in [0.5, 0.6) is 0 Å². The van der Waals surface area contributed by atoms with Gasteiger partial charge < -0.3 is 15.1 Å². The monoisotopic (exact) mass is 808 g/mol. The van der Waals surface area contributed by atoms with Crippen molar-refractivity contribution in [3.05, 3.63) is 70.2 Å². The first-order valence-electron chi connectivity index (χ1n) is 20.4. The molecule has 308 valence electrons. The number of alkyl halides is 2. The summed E-state index contributed by atoms with van der Waals surface area (Å²) >= 11 is 0. The van der Waals surface area contributed by atoms with E-state index in [0.717, 1.165) is 83.7 Å². The summed E-state index contributed by atoms with van der Waals surface area (Å²) in [5, 5.41) is 13.5. The highest BCUT2D eigenvalue weighted by Gasteiger charge is 2.32. The second-order valence-electron chi connectivity index (χ2n) is 16.0. The van der Waals surface area contributed by atoms with Crippen LogP contribution in [0.25, 0.3) is 16.7 Å². The van der Waals surface area contributed by atoms with Crippen LogP contribution in [0.4, 0.5) is 20.3 Å². The van der Waals surface area contributed by atoms with E-state index in [-0.39, 0.29) is 41.7 Å². The van der Waals surface area contributed by atoms with Gasteiger partial charge in [-0.3, -0.25) is 38.4 Å². The van der Waals surface area contributed by atoms with Gasteiger partial charge in [-0.2, -0.15) is 10.2 Å². The van der Waals surface area contributed by atoms with E-state index in [1.54, 1.807) is 17.9 Å². The maximum Gasteiger partial charge on any atom is 0.329 e. The van der Waals surface area contributed by atoms with Crippen molar-refractivity contribution in [3.8, 4) is 11.8 Å². The molecule has 3 aliphatic heterocycles. The Morgan fingerprint density at radius 1 is 1.00 bits per heavy atom. The Bertz CT molecular complexity index is 2540. The molecular formula is C41H46F2N12O4. The van der Waals surface area contributed by atoms with Gasteiger partial charge in [0, 0.05) is 71.7 Å². The van der Waals surface area contributed by atoms with Gasteiger partial charge in [0.15, 0.2) is 11.3 Å². The first-order chi connectivity index (χ1) is 28.6. The van der Waals surface area contributed by atoms with Gasteiger partial charge in [0.05, 0.1) is 41.1 Å². The molecule has 0 radical (unpaired) electrons. The summed E-state index contributed by atoms with van der Waals surface area (Å²) in [5.41, 5.74) is 1.80. The number of benzene rings is 1. The van der Waals surface area contributed by atoms with Gasteiger partial charge in [0.1, 0.15) is 17.4 Å². The number of anilines is 2. The molecule has 1 aromatic carbocycles. The second-order valence-corrected chi connectivity index (χ2v) is 16.0. The number of piperazine rings is 1. The maximum atomic E-state index is 14.2. The lowest BCUT2D eigenvalue weighted by Gasteiger charge is -2.37. The zero-order valence-electron chi connectivity index (χ0n) is 32.8. The fourth-order valence-corrected chi connectivity index (χ4v) is 8.88. The van der Waals surface area contributed by atoms with Crippen molar-refractivity contribution < 1.29 is 23.2 Å². The molecule has 16 nitrogen and oxygen atoms in total. The number of aromatic nitrogens is 7. The summed E-state index contributed by atoms with van der Waals surface area (Å²) in [4.78, 5) is 62.5. The van der Waals surface area contributed by atoms with Crippen LogP contribution in [0.3, 0.4) is 0 Å². The molecule has 3 saturated heterocycles. The van der Waals surface area contributed by atoms with Crippen LogP contribution in [-0.2, 0) is 16.6 Å². The van der Waals surface area contributed by atoms with E-state index in [2.05, 4.69) is 52.4 Å². The van der Waals surface area contributed by atoms with E-state index in [0.29, 0.717) is 34.7 Å². The third kappa shape index (κ3) is 7.60. The number of rotatable bonds is 9. The third-order valence-corrected chi connectivity index (χ3v) is 12.3. The number of imidazole rings is 1. The largest absolute Gasteiger partial charge is 0.356 e. The summed E-state index contributed by atoms with van der Waals surface area (Å²) in [6.07, 6.45) is 6.90. The number of hydrogen-bond acceptors (Lipinski definition) is 10. The minimum atomic E-state index is -2.85. The second kappa shape index (κ2) is 16.0. The fraction of sp³-hybridized carbons (Fsp3) is 0.488. The topological polar surface area (TPSA) is 160 Å². The Kier molecular flexibility index (Phi) is 10.5. The SMILES string of the molecule is Cn1c(=O)n(C2CCC(=O)NC2=O)c2cccc(C#CCN3CCN(CC4CCC(n5cc(NC(=O)c6cnn7ccc(N8CCC8)nc67)c(C(F)F)n5)CC4)CC3)c21. The summed E-state index contributed by atoms with van der Waals surface area (Å²) in [6.45, 7) is 6.94. The smallest absolute Gasteiger partial charge is 0.329 e. The number of nitrogens with one attached hydrogen (secondary N) is 2.